The Hall–Kier alpha value is -3.09. The molecule has 182 valence electrons. The molecule has 5 heterocycles. The minimum Gasteiger partial charge on any atom is -0.344 e. The normalized spacial score (nSPS) is 21.5. The summed E-state index contributed by atoms with van der Waals surface area (Å²) < 4.78 is 27.5. The molecule has 13 heteroatoms. The van der Waals surface area contributed by atoms with E-state index in [1.54, 1.807) is 29.1 Å². The average molecular weight is 515 g/mol. The second kappa shape index (κ2) is 8.25. The third kappa shape index (κ3) is 3.67. The molecule has 11 nitrogen and oxygen atoms in total. The lowest BCUT2D eigenvalue weighted by molar-refractivity contribution is 0.432. The maximum atomic E-state index is 13.9. The average Bonchev–Trinajstić information content (AvgIpc) is 3.58. The molecule has 2 saturated heterocycles. The smallest absolute Gasteiger partial charge is 0.263 e. The molecule has 2 aliphatic rings. The van der Waals surface area contributed by atoms with Gasteiger partial charge in [-0.15, -0.1) is 0 Å². The number of anilines is 1. The van der Waals surface area contributed by atoms with E-state index >= 15 is 0 Å². The van der Waals surface area contributed by atoms with Crippen molar-refractivity contribution in [2.75, 3.05) is 30.8 Å². The molecule has 2 atom stereocenters. The van der Waals surface area contributed by atoms with Crippen LogP contribution in [0.15, 0.2) is 35.6 Å². The molecule has 1 aromatic carbocycles. The largest absolute Gasteiger partial charge is 0.344 e. The highest BCUT2D eigenvalue weighted by molar-refractivity contribution is 7.88. The standard InChI is InChI=1S/C22H23ClN8O3S/c1-35(33,34)29-9-7-13(10-29)31-20(28-15-5-2-4-14(23)17(15)22(31)32)16-6-3-8-30(16)21-18-19(25-11-24-18)26-12-27-21/h2,4-5,11-13,16H,3,6-10H2,1H3,(H,24,25,26,27). The van der Waals surface area contributed by atoms with Gasteiger partial charge in [0.15, 0.2) is 11.5 Å². The number of halogens is 1. The highest BCUT2D eigenvalue weighted by atomic mass is 35.5. The summed E-state index contributed by atoms with van der Waals surface area (Å²) in [5, 5.41) is 0.674. The van der Waals surface area contributed by atoms with E-state index in [-0.39, 0.29) is 24.2 Å². The SMILES string of the molecule is CS(=O)(=O)N1CCC(n2c(C3CCCN3c3ncnc4[nH]cnc34)nc3cccc(Cl)c3c2=O)C1. The van der Waals surface area contributed by atoms with Crippen LogP contribution >= 0.6 is 11.6 Å². The summed E-state index contributed by atoms with van der Waals surface area (Å²) >= 11 is 6.43. The number of aromatic nitrogens is 6. The van der Waals surface area contributed by atoms with Gasteiger partial charge in [-0.3, -0.25) is 9.36 Å². The van der Waals surface area contributed by atoms with E-state index in [1.165, 1.54) is 16.9 Å². The molecule has 6 rings (SSSR count). The number of nitrogens with one attached hydrogen (secondary N) is 1. The molecule has 0 saturated carbocycles. The van der Waals surface area contributed by atoms with Crippen LogP contribution in [0.1, 0.15) is 37.2 Å². The van der Waals surface area contributed by atoms with Crippen molar-refractivity contribution in [3.8, 4) is 0 Å². The number of H-pyrrole nitrogens is 1. The van der Waals surface area contributed by atoms with E-state index < -0.39 is 10.0 Å². The van der Waals surface area contributed by atoms with Crippen molar-refractivity contribution < 1.29 is 8.42 Å². The minimum absolute atomic E-state index is 0.215. The fourth-order valence-corrected chi connectivity index (χ4v) is 6.41. The quantitative estimate of drug-likeness (QED) is 0.439. The van der Waals surface area contributed by atoms with Gasteiger partial charge in [0.25, 0.3) is 5.56 Å². The lowest BCUT2D eigenvalue weighted by Gasteiger charge is -2.29. The Morgan fingerprint density at radius 2 is 2.00 bits per heavy atom. The Balaban J connectivity index is 1.54. The Labute approximate surface area is 205 Å². The van der Waals surface area contributed by atoms with Crippen molar-refractivity contribution in [1.82, 2.24) is 33.8 Å². The maximum absolute atomic E-state index is 13.9. The second-order valence-corrected chi connectivity index (χ2v) is 11.4. The van der Waals surface area contributed by atoms with Crippen molar-refractivity contribution in [1.29, 1.82) is 0 Å². The first-order valence-corrected chi connectivity index (χ1v) is 13.6. The highest BCUT2D eigenvalue weighted by Gasteiger charge is 2.37. The zero-order valence-corrected chi connectivity index (χ0v) is 20.5. The molecule has 0 bridgehead atoms. The third-order valence-corrected chi connectivity index (χ3v) is 8.47. The predicted octanol–water partition coefficient (Wildman–Crippen LogP) is 2.26. The van der Waals surface area contributed by atoms with Gasteiger partial charge in [0.2, 0.25) is 10.0 Å². The van der Waals surface area contributed by atoms with Crippen LogP contribution in [0.2, 0.25) is 5.02 Å². The number of hydrogen-bond donors (Lipinski definition) is 1. The summed E-state index contributed by atoms with van der Waals surface area (Å²) in [6.07, 6.45) is 6.42. The molecule has 0 amide bonds. The van der Waals surface area contributed by atoms with Crippen LogP contribution in [0.4, 0.5) is 5.82 Å². The number of benzene rings is 1. The van der Waals surface area contributed by atoms with Crippen LogP contribution in [-0.2, 0) is 10.0 Å². The van der Waals surface area contributed by atoms with Crippen LogP contribution in [0.25, 0.3) is 22.1 Å². The lowest BCUT2D eigenvalue weighted by atomic mass is 10.1. The summed E-state index contributed by atoms with van der Waals surface area (Å²) in [5.74, 6) is 1.26. The van der Waals surface area contributed by atoms with E-state index in [4.69, 9.17) is 16.6 Å². The van der Waals surface area contributed by atoms with Crippen LogP contribution in [0.3, 0.4) is 0 Å². The Bertz CT molecular complexity index is 1620. The molecular formula is C22H23ClN8O3S. The first-order valence-electron chi connectivity index (χ1n) is 11.4. The van der Waals surface area contributed by atoms with E-state index in [0.29, 0.717) is 58.2 Å². The molecule has 0 radical (unpaired) electrons. The van der Waals surface area contributed by atoms with Crippen molar-refractivity contribution in [3.63, 3.8) is 0 Å². The lowest BCUT2D eigenvalue weighted by Crippen LogP contribution is -2.36. The first kappa shape index (κ1) is 22.4. The molecule has 2 aliphatic heterocycles. The summed E-state index contributed by atoms with van der Waals surface area (Å²) in [6.45, 7) is 1.28. The number of hydrogen-bond acceptors (Lipinski definition) is 8. The molecule has 2 fully saturated rings. The van der Waals surface area contributed by atoms with E-state index in [1.807, 2.05) is 0 Å². The molecular weight excluding hydrogens is 492 g/mol. The van der Waals surface area contributed by atoms with Gasteiger partial charge >= 0.3 is 0 Å². The summed E-state index contributed by atoms with van der Waals surface area (Å²) in [6, 6.07) is 4.64. The van der Waals surface area contributed by atoms with Crippen molar-refractivity contribution >= 4 is 49.5 Å². The van der Waals surface area contributed by atoms with Gasteiger partial charge in [0.05, 0.1) is 40.6 Å². The minimum atomic E-state index is -3.38. The van der Waals surface area contributed by atoms with Gasteiger partial charge < -0.3 is 9.88 Å². The Morgan fingerprint density at radius 1 is 1.14 bits per heavy atom. The molecule has 0 aliphatic carbocycles. The van der Waals surface area contributed by atoms with E-state index in [9.17, 15) is 13.2 Å². The topological polar surface area (TPSA) is 130 Å². The summed E-state index contributed by atoms with van der Waals surface area (Å²) in [4.78, 5) is 37.1. The van der Waals surface area contributed by atoms with Crippen molar-refractivity contribution in [2.24, 2.45) is 0 Å². The van der Waals surface area contributed by atoms with Crippen LogP contribution in [0.5, 0.6) is 0 Å². The number of sulfonamides is 1. The first-order chi connectivity index (χ1) is 16.8. The molecule has 2 unspecified atom stereocenters. The second-order valence-electron chi connectivity index (χ2n) is 8.99. The maximum Gasteiger partial charge on any atom is 0.263 e. The monoisotopic (exact) mass is 514 g/mol. The van der Waals surface area contributed by atoms with Crippen LogP contribution in [0, 0.1) is 0 Å². The van der Waals surface area contributed by atoms with Crippen molar-refractivity contribution in [3.05, 3.63) is 52.1 Å². The zero-order chi connectivity index (χ0) is 24.3. The Kier molecular flexibility index (Phi) is 5.27. The number of rotatable bonds is 4. The van der Waals surface area contributed by atoms with Gasteiger partial charge in [-0.25, -0.2) is 32.7 Å². The molecule has 3 aromatic heterocycles. The molecule has 1 N–H and O–H groups in total. The Morgan fingerprint density at radius 3 is 2.80 bits per heavy atom. The van der Waals surface area contributed by atoms with Gasteiger partial charge in [0, 0.05) is 19.6 Å². The van der Waals surface area contributed by atoms with Gasteiger partial charge in [-0.2, -0.15) is 0 Å². The zero-order valence-electron chi connectivity index (χ0n) is 18.9. The van der Waals surface area contributed by atoms with Gasteiger partial charge in [-0.05, 0) is 31.4 Å². The van der Waals surface area contributed by atoms with E-state index in [0.717, 1.165) is 12.8 Å². The number of fused-ring (bicyclic) bond motifs is 2. The highest BCUT2D eigenvalue weighted by Crippen LogP contribution is 2.38. The van der Waals surface area contributed by atoms with Gasteiger partial charge in [-0.1, -0.05) is 17.7 Å². The van der Waals surface area contributed by atoms with Crippen LogP contribution in [-0.4, -0.2) is 68.1 Å². The number of imidazole rings is 1. The van der Waals surface area contributed by atoms with Gasteiger partial charge in [0.1, 0.15) is 17.7 Å². The fraction of sp³-hybridized carbons (Fsp3) is 0.409. The molecule has 0 spiro atoms. The molecule has 35 heavy (non-hydrogen) atoms. The number of nitrogens with zero attached hydrogens (tertiary/aromatic N) is 7. The fourth-order valence-electron chi connectivity index (χ4n) is 5.28. The number of aromatic amines is 1. The summed E-state index contributed by atoms with van der Waals surface area (Å²) in [7, 11) is -3.38. The predicted molar refractivity (Wildman–Crippen MR) is 132 cm³/mol. The third-order valence-electron chi connectivity index (χ3n) is 6.89. The van der Waals surface area contributed by atoms with E-state index in [2.05, 4.69) is 24.8 Å². The molecule has 4 aromatic rings. The van der Waals surface area contributed by atoms with Crippen molar-refractivity contribution in [2.45, 2.75) is 31.3 Å². The summed E-state index contributed by atoms with van der Waals surface area (Å²) in [5.41, 5.74) is 1.55. The van der Waals surface area contributed by atoms with Crippen LogP contribution < -0.4 is 10.5 Å².